The normalized spacial score (nSPS) is 18.9. The van der Waals surface area contributed by atoms with Gasteiger partial charge in [-0.3, -0.25) is 24.5 Å². The molecule has 0 saturated carbocycles. The van der Waals surface area contributed by atoms with Crippen LogP contribution in [0.1, 0.15) is 22.9 Å². The molecule has 3 aromatic rings. The van der Waals surface area contributed by atoms with E-state index in [9.17, 15) is 14.4 Å². The maximum absolute atomic E-state index is 13.8. The van der Waals surface area contributed by atoms with Gasteiger partial charge in [0.1, 0.15) is 17.1 Å². The van der Waals surface area contributed by atoms with Crippen LogP contribution in [0.5, 0.6) is 0 Å². The molecule has 2 amide bonds. The van der Waals surface area contributed by atoms with Gasteiger partial charge in [-0.25, -0.2) is 4.79 Å². The number of esters is 1. The Hall–Kier alpha value is -3.63. The molecule has 3 heterocycles. The van der Waals surface area contributed by atoms with Crippen molar-refractivity contribution in [2.75, 3.05) is 5.75 Å². The lowest BCUT2D eigenvalue weighted by atomic mass is 10.0. The van der Waals surface area contributed by atoms with E-state index in [0.717, 1.165) is 21.7 Å². The van der Waals surface area contributed by atoms with Crippen LogP contribution in [0.15, 0.2) is 89.9 Å². The molecule has 2 aromatic carbocycles. The van der Waals surface area contributed by atoms with Crippen molar-refractivity contribution in [3.05, 3.63) is 107 Å². The molecule has 0 radical (unpaired) electrons. The van der Waals surface area contributed by atoms with E-state index >= 15 is 0 Å². The number of nitrogens with zero attached hydrogens (tertiary/aromatic N) is 3. The quantitative estimate of drug-likeness (QED) is 0.262. The second-order valence-electron chi connectivity index (χ2n) is 8.04. The summed E-state index contributed by atoms with van der Waals surface area (Å²) >= 11 is 2.94. The Bertz CT molecular complexity index is 1240. The lowest BCUT2D eigenvalue weighted by molar-refractivity contribution is -0.154. The zero-order chi connectivity index (χ0) is 24.9. The molecule has 1 N–H and O–H groups in total. The van der Waals surface area contributed by atoms with E-state index in [0.29, 0.717) is 17.9 Å². The van der Waals surface area contributed by atoms with Gasteiger partial charge in [-0.1, -0.05) is 60.7 Å². The van der Waals surface area contributed by atoms with Crippen LogP contribution in [-0.2, 0) is 24.9 Å². The number of benzene rings is 2. The number of β-lactam (4-membered cyclic amide) rings is 1. The average Bonchev–Trinajstić information content (AvgIpc) is 2.94. The molecule has 0 bridgehead atoms. The van der Waals surface area contributed by atoms with Crippen molar-refractivity contribution >= 4 is 41.8 Å². The van der Waals surface area contributed by atoms with Gasteiger partial charge < -0.3 is 10.1 Å². The molecule has 1 saturated heterocycles. The zero-order valence-electron chi connectivity index (χ0n) is 19.0. The van der Waals surface area contributed by atoms with Crippen molar-refractivity contribution in [3.8, 4) is 0 Å². The van der Waals surface area contributed by atoms with Gasteiger partial charge in [0.25, 0.3) is 5.91 Å². The summed E-state index contributed by atoms with van der Waals surface area (Å²) in [7, 11) is 0. The number of hydrogen-bond donors (Lipinski definition) is 1. The molecule has 2 aliphatic rings. The van der Waals surface area contributed by atoms with E-state index < -0.39 is 18.1 Å². The lowest BCUT2D eigenvalue weighted by Gasteiger charge is -2.49. The summed E-state index contributed by atoms with van der Waals surface area (Å²) in [5.74, 6) is 0.0732. The summed E-state index contributed by atoms with van der Waals surface area (Å²) in [5, 5.41) is 2.20. The van der Waals surface area contributed by atoms with E-state index in [1.54, 1.807) is 18.6 Å². The van der Waals surface area contributed by atoms with Gasteiger partial charge in [-0.2, -0.15) is 0 Å². The first-order valence-corrected chi connectivity index (χ1v) is 13.3. The van der Waals surface area contributed by atoms with Crippen molar-refractivity contribution in [2.45, 2.75) is 23.3 Å². The van der Waals surface area contributed by atoms with Crippen molar-refractivity contribution in [3.63, 3.8) is 0 Å². The maximum atomic E-state index is 13.8. The van der Waals surface area contributed by atoms with Gasteiger partial charge in [0.05, 0.1) is 5.69 Å². The SMILES string of the molecule is O=CN[C@@H]1C(=O)N2C(C(=O)OC(c3ccccc3)c3ccccc3)=C(SCc3cnccn3)CS[C@@H]12. The molecule has 2 aliphatic heterocycles. The minimum Gasteiger partial charge on any atom is -0.448 e. The molecule has 10 heteroatoms. The monoisotopic (exact) mass is 518 g/mol. The number of ether oxygens (including phenoxy) is 1. The molecule has 2 atom stereocenters. The molecule has 0 aliphatic carbocycles. The third kappa shape index (κ3) is 4.87. The zero-order valence-corrected chi connectivity index (χ0v) is 20.7. The van der Waals surface area contributed by atoms with Crippen molar-refractivity contribution in [2.24, 2.45) is 0 Å². The third-order valence-electron chi connectivity index (χ3n) is 5.81. The smallest absolute Gasteiger partial charge is 0.356 e. The van der Waals surface area contributed by atoms with Crippen LogP contribution in [0.2, 0.25) is 0 Å². The number of carbonyl (C=O) groups is 3. The fraction of sp³-hybridized carbons (Fsp3) is 0.192. The summed E-state index contributed by atoms with van der Waals surface area (Å²) < 4.78 is 6.11. The molecular weight excluding hydrogens is 496 g/mol. The van der Waals surface area contributed by atoms with Crippen LogP contribution in [0.4, 0.5) is 0 Å². The summed E-state index contributed by atoms with van der Waals surface area (Å²) in [6.07, 6.45) is 4.76. The van der Waals surface area contributed by atoms with Crippen molar-refractivity contribution in [1.29, 1.82) is 0 Å². The summed E-state index contributed by atoms with van der Waals surface area (Å²) in [6.45, 7) is 0. The largest absolute Gasteiger partial charge is 0.448 e. The van der Waals surface area contributed by atoms with Gasteiger partial charge in [-0.05, 0) is 11.1 Å². The van der Waals surface area contributed by atoms with Gasteiger partial charge in [0.2, 0.25) is 6.41 Å². The van der Waals surface area contributed by atoms with Crippen LogP contribution in [0, 0.1) is 0 Å². The Balaban J connectivity index is 1.47. The maximum Gasteiger partial charge on any atom is 0.356 e. The third-order valence-corrected chi connectivity index (χ3v) is 8.40. The molecule has 1 aromatic heterocycles. The predicted octanol–water partition coefficient (Wildman–Crippen LogP) is 3.28. The molecule has 0 spiro atoms. The Kier molecular flexibility index (Phi) is 7.33. The summed E-state index contributed by atoms with van der Waals surface area (Å²) in [5.41, 5.74) is 2.63. The Labute approximate surface area is 216 Å². The van der Waals surface area contributed by atoms with Gasteiger partial charge in [-0.15, -0.1) is 23.5 Å². The predicted molar refractivity (Wildman–Crippen MR) is 137 cm³/mol. The van der Waals surface area contributed by atoms with E-state index in [1.807, 2.05) is 60.7 Å². The number of nitrogens with one attached hydrogen (secondary N) is 1. The summed E-state index contributed by atoms with van der Waals surface area (Å²) in [4.78, 5) is 48.3. The Morgan fingerprint density at radius 3 is 2.44 bits per heavy atom. The molecule has 0 unspecified atom stereocenters. The number of amides is 2. The van der Waals surface area contributed by atoms with E-state index in [-0.39, 0.29) is 17.0 Å². The number of carbonyl (C=O) groups excluding carboxylic acids is 3. The van der Waals surface area contributed by atoms with Crippen LogP contribution in [0.25, 0.3) is 0 Å². The van der Waals surface area contributed by atoms with Crippen molar-refractivity contribution in [1.82, 2.24) is 20.2 Å². The number of fused-ring (bicyclic) bond motifs is 1. The lowest BCUT2D eigenvalue weighted by Crippen LogP contribution is -2.69. The highest BCUT2D eigenvalue weighted by Gasteiger charge is 2.54. The number of hydrogen-bond acceptors (Lipinski definition) is 8. The van der Waals surface area contributed by atoms with Gasteiger partial charge >= 0.3 is 5.97 Å². The Morgan fingerprint density at radius 1 is 1.14 bits per heavy atom. The minimum absolute atomic E-state index is 0.221. The fourth-order valence-corrected chi connectivity index (χ4v) is 6.63. The second-order valence-corrected chi connectivity index (χ2v) is 10.2. The molecule has 1 fully saturated rings. The molecule has 8 nitrogen and oxygen atoms in total. The van der Waals surface area contributed by atoms with Gasteiger partial charge in [0.15, 0.2) is 6.10 Å². The second kappa shape index (κ2) is 11.0. The number of rotatable bonds is 9. The first kappa shape index (κ1) is 24.1. The fourth-order valence-electron chi connectivity index (χ4n) is 4.10. The average molecular weight is 519 g/mol. The topological polar surface area (TPSA) is 101 Å². The van der Waals surface area contributed by atoms with E-state index in [1.165, 1.54) is 28.4 Å². The highest BCUT2D eigenvalue weighted by Crippen LogP contribution is 2.44. The van der Waals surface area contributed by atoms with E-state index in [2.05, 4.69) is 15.3 Å². The van der Waals surface area contributed by atoms with Crippen LogP contribution < -0.4 is 5.32 Å². The first-order valence-electron chi connectivity index (χ1n) is 11.2. The summed E-state index contributed by atoms with van der Waals surface area (Å²) in [6, 6.07) is 18.3. The van der Waals surface area contributed by atoms with Crippen molar-refractivity contribution < 1.29 is 19.1 Å². The molecule has 36 heavy (non-hydrogen) atoms. The Morgan fingerprint density at radius 2 is 1.83 bits per heavy atom. The standard InChI is InChI=1S/C26H22N4O4S2/c31-16-29-21-24(32)30-22(20(15-36-25(21)30)35-14-19-13-27-11-12-28-19)26(33)34-23(17-7-3-1-4-8-17)18-9-5-2-6-10-18/h1-13,16,21,23,25H,14-15H2,(H,29,31)/t21-,25+/m1/s1. The first-order chi connectivity index (χ1) is 17.7. The minimum atomic E-state index is -0.666. The molecule has 182 valence electrons. The number of thioether (sulfide) groups is 2. The highest BCUT2D eigenvalue weighted by atomic mass is 32.2. The molecule has 5 rings (SSSR count). The molecular formula is C26H22N4O4S2. The van der Waals surface area contributed by atoms with E-state index in [4.69, 9.17) is 4.74 Å². The van der Waals surface area contributed by atoms with Crippen LogP contribution >= 0.6 is 23.5 Å². The van der Waals surface area contributed by atoms with Crippen LogP contribution in [-0.4, -0.2) is 50.3 Å². The van der Waals surface area contributed by atoms with Crippen LogP contribution in [0.3, 0.4) is 0 Å². The highest BCUT2D eigenvalue weighted by molar-refractivity contribution is 8.05. The number of aromatic nitrogens is 2. The van der Waals surface area contributed by atoms with Gasteiger partial charge in [0, 0.05) is 35.0 Å².